The van der Waals surface area contributed by atoms with Crippen molar-refractivity contribution >= 4 is 47.2 Å². The van der Waals surface area contributed by atoms with Gasteiger partial charge in [-0.25, -0.2) is 0 Å². The Labute approximate surface area is 262 Å². The molecule has 202 valence electrons. The van der Waals surface area contributed by atoms with E-state index < -0.39 is 23.3 Å². The largest absolute Gasteiger partial charge is 1.00 e. The maximum absolute atomic E-state index is 13.0. The van der Waals surface area contributed by atoms with Gasteiger partial charge in [0.1, 0.15) is 17.2 Å². The first-order chi connectivity index (χ1) is 18.8. The van der Waals surface area contributed by atoms with Gasteiger partial charge in [-0.1, -0.05) is 42.5 Å². The van der Waals surface area contributed by atoms with Gasteiger partial charge in [0.05, 0.1) is 17.4 Å². The zero-order valence-electron chi connectivity index (χ0n) is 21.9. The summed E-state index contributed by atoms with van der Waals surface area (Å²) in [6.45, 7) is 0.851. The molecule has 0 unspecified atom stereocenters. The quantitative estimate of drug-likeness (QED) is 0.204. The van der Waals surface area contributed by atoms with Crippen LogP contribution >= 0.6 is 23.5 Å². The number of rotatable bonds is 9. The van der Waals surface area contributed by atoms with E-state index in [0.717, 1.165) is 16.0 Å². The Bertz CT molecular complexity index is 1370. The molecule has 40 heavy (non-hydrogen) atoms. The van der Waals surface area contributed by atoms with Crippen molar-refractivity contribution in [1.82, 2.24) is 15.1 Å². The van der Waals surface area contributed by atoms with E-state index in [4.69, 9.17) is 0 Å². The van der Waals surface area contributed by atoms with Crippen LogP contribution in [0.15, 0.2) is 77.5 Å². The number of amides is 3. The van der Waals surface area contributed by atoms with Crippen molar-refractivity contribution in [2.45, 2.75) is 30.1 Å². The number of nitrogens with one attached hydrogen (secondary N) is 1. The predicted octanol–water partition coefficient (Wildman–Crippen LogP) is -1.61. The van der Waals surface area contributed by atoms with Crippen LogP contribution in [0.4, 0.5) is 0 Å². The van der Waals surface area contributed by atoms with Crippen molar-refractivity contribution in [3.63, 3.8) is 0 Å². The van der Waals surface area contributed by atoms with Gasteiger partial charge < -0.3 is 25.2 Å². The van der Waals surface area contributed by atoms with E-state index >= 15 is 0 Å². The Balaban J connectivity index is 0.00000370. The minimum Gasteiger partial charge on any atom is -0.543 e. The number of likely N-dealkylation sites (tertiary alicyclic amines) is 1. The molecule has 0 radical (unpaired) electrons. The monoisotopic (exact) mass is 587 g/mol. The molecular formula is C28H26N3NaO6S2. The number of thioether (sulfide) groups is 2. The average Bonchev–Trinajstić information content (AvgIpc) is 3.27. The van der Waals surface area contributed by atoms with Crippen molar-refractivity contribution < 1.29 is 58.9 Å². The second-order valence-corrected chi connectivity index (χ2v) is 11.5. The molecule has 2 saturated heterocycles. The molecule has 0 spiro atoms. The Morgan fingerprint density at radius 2 is 1.82 bits per heavy atom. The van der Waals surface area contributed by atoms with Gasteiger partial charge in [-0.2, -0.15) is 0 Å². The van der Waals surface area contributed by atoms with E-state index in [1.807, 2.05) is 30.3 Å². The van der Waals surface area contributed by atoms with Gasteiger partial charge in [0.25, 0.3) is 5.91 Å². The molecular weight excluding hydrogens is 561 g/mol. The number of aliphatic carboxylic acids is 1. The van der Waals surface area contributed by atoms with Crippen LogP contribution in [-0.4, -0.2) is 68.1 Å². The molecule has 9 nitrogen and oxygen atoms in total. The summed E-state index contributed by atoms with van der Waals surface area (Å²) in [4.78, 5) is 53.3. The smallest absolute Gasteiger partial charge is 0.543 e. The van der Waals surface area contributed by atoms with E-state index in [2.05, 4.69) is 5.32 Å². The molecule has 3 heterocycles. The number of allylic oxidation sites excluding steroid dienone is 1. The fourth-order valence-electron chi connectivity index (χ4n) is 4.78. The predicted molar refractivity (Wildman–Crippen MR) is 146 cm³/mol. The molecule has 2 fully saturated rings. The Hall–Kier alpha value is -2.70. The molecule has 0 bridgehead atoms. The fourth-order valence-corrected chi connectivity index (χ4v) is 6.88. The van der Waals surface area contributed by atoms with Crippen LogP contribution in [-0.2, 0) is 31.5 Å². The molecule has 3 aliphatic heterocycles. The number of carbonyl (C=O) groups is 4. The molecule has 0 aromatic heterocycles. The van der Waals surface area contributed by atoms with Crippen molar-refractivity contribution in [2.75, 3.05) is 18.1 Å². The zero-order valence-corrected chi connectivity index (χ0v) is 25.5. The zero-order chi connectivity index (χ0) is 27.5. The molecule has 2 aromatic rings. The number of fused-ring (bicyclic) bond motifs is 1. The molecule has 2 N–H and O–H groups in total. The third kappa shape index (κ3) is 6.60. The van der Waals surface area contributed by atoms with Gasteiger partial charge >= 0.3 is 29.6 Å². The van der Waals surface area contributed by atoms with Gasteiger partial charge in [0.2, 0.25) is 11.8 Å². The summed E-state index contributed by atoms with van der Waals surface area (Å²) in [6.07, 6.45) is 2.01. The minimum absolute atomic E-state index is 0. The molecule has 12 heteroatoms. The average molecular weight is 588 g/mol. The van der Waals surface area contributed by atoms with E-state index in [1.165, 1.54) is 23.5 Å². The molecule has 3 aliphatic rings. The van der Waals surface area contributed by atoms with Gasteiger partial charge in [0, 0.05) is 30.2 Å². The van der Waals surface area contributed by atoms with E-state index in [1.54, 1.807) is 35.2 Å². The van der Waals surface area contributed by atoms with Gasteiger partial charge in [-0.05, 0) is 41.3 Å². The molecule has 3 amide bonds. The molecule has 5 rings (SSSR count). The summed E-state index contributed by atoms with van der Waals surface area (Å²) in [6, 6.07) is 15.5. The van der Waals surface area contributed by atoms with E-state index in [-0.39, 0.29) is 64.3 Å². The van der Waals surface area contributed by atoms with Crippen LogP contribution in [0, 0.1) is 0 Å². The summed E-state index contributed by atoms with van der Waals surface area (Å²) in [7, 11) is 0. The Kier molecular flexibility index (Phi) is 10.1. The number of hydrogen-bond acceptors (Lipinski definition) is 8. The molecule has 2 atom stereocenters. The summed E-state index contributed by atoms with van der Waals surface area (Å²) in [5.41, 5.74) is 2.53. The number of benzene rings is 2. The number of carboxylic acid groups (broad SMARTS) is 1. The van der Waals surface area contributed by atoms with Crippen LogP contribution in [0.2, 0.25) is 0 Å². The third-order valence-electron chi connectivity index (χ3n) is 6.72. The van der Waals surface area contributed by atoms with Crippen molar-refractivity contribution in [2.24, 2.45) is 0 Å². The van der Waals surface area contributed by atoms with Gasteiger partial charge in [0.15, 0.2) is 0 Å². The number of hydrogen-bond donors (Lipinski definition) is 2. The third-order valence-corrected chi connectivity index (χ3v) is 9.03. The molecule has 0 aliphatic carbocycles. The minimum atomic E-state index is -1.49. The molecule has 2 aromatic carbocycles. The number of nitrogens with zero attached hydrogens (tertiary/aromatic N) is 2. The summed E-state index contributed by atoms with van der Waals surface area (Å²) < 4.78 is 0. The van der Waals surface area contributed by atoms with Gasteiger partial charge in [-0.15, -0.1) is 23.5 Å². The fraction of sp³-hybridized carbons (Fsp3) is 0.286. The number of phenols is 1. The van der Waals surface area contributed by atoms with Crippen LogP contribution in [0.25, 0.3) is 0 Å². The summed E-state index contributed by atoms with van der Waals surface area (Å²) in [5, 5.41) is 23.7. The number of carboxylic acids is 1. The molecule has 0 saturated carbocycles. The first-order valence-corrected chi connectivity index (χ1v) is 14.6. The van der Waals surface area contributed by atoms with Crippen LogP contribution < -0.4 is 40.0 Å². The number of β-lactam (4-membered cyclic amide) rings is 1. The first-order valence-electron chi connectivity index (χ1n) is 12.4. The van der Waals surface area contributed by atoms with Crippen molar-refractivity contribution in [3.8, 4) is 5.75 Å². The SMILES string of the molecule is O=C(CSCc1ccccc1)N[C@@H]1C(=O)N2C(C(=O)[O-])=C(/C=C3\CCN(Cc4ccc(O)cc4)C3=O)CS[C@H]12.[Na+]. The van der Waals surface area contributed by atoms with E-state index in [0.29, 0.717) is 36.4 Å². The standard InChI is InChI=1S/C28H27N3O6S2.Na/c32-21-8-6-17(7-9-21)13-30-11-10-19(25(30)34)12-20-15-39-27-23(26(35)31(27)24(20)28(36)37)29-22(33)16-38-14-18-4-2-1-3-5-18;/h1-9,12,23,27,32H,10-11,13-16H2,(H,29,33)(H,36,37);/q;+1/p-1/b19-12+;/t23-,27-;/m1./s1. The Morgan fingerprint density at radius 3 is 2.52 bits per heavy atom. The Morgan fingerprint density at radius 1 is 1.10 bits per heavy atom. The van der Waals surface area contributed by atoms with Crippen molar-refractivity contribution in [3.05, 3.63) is 88.6 Å². The second kappa shape index (κ2) is 13.3. The topological polar surface area (TPSA) is 130 Å². The van der Waals surface area contributed by atoms with Crippen LogP contribution in [0.3, 0.4) is 0 Å². The number of phenolic OH excluding ortho intramolecular Hbond substituents is 1. The van der Waals surface area contributed by atoms with Crippen LogP contribution in [0.5, 0.6) is 5.75 Å². The number of aromatic hydroxyl groups is 1. The summed E-state index contributed by atoms with van der Waals surface area (Å²) in [5.74, 6) is -1.23. The normalized spacial score (nSPS) is 21.1. The van der Waals surface area contributed by atoms with Crippen molar-refractivity contribution in [1.29, 1.82) is 0 Å². The number of carbonyl (C=O) groups excluding carboxylic acids is 4. The first kappa shape index (κ1) is 30.3. The summed E-state index contributed by atoms with van der Waals surface area (Å²) >= 11 is 2.78. The second-order valence-electron chi connectivity index (χ2n) is 9.41. The maximum atomic E-state index is 13.0. The van der Waals surface area contributed by atoms with E-state index in [9.17, 15) is 29.4 Å². The van der Waals surface area contributed by atoms with Gasteiger partial charge in [-0.3, -0.25) is 19.3 Å². The maximum Gasteiger partial charge on any atom is 1.00 e. The van der Waals surface area contributed by atoms with Crippen LogP contribution in [0.1, 0.15) is 17.5 Å².